The van der Waals surface area contributed by atoms with Gasteiger partial charge in [-0.1, -0.05) is 19.3 Å². The lowest BCUT2D eigenvalue weighted by Crippen LogP contribution is -2.40. The highest BCUT2D eigenvalue weighted by molar-refractivity contribution is 7.12. The van der Waals surface area contributed by atoms with E-state index in [1.54, 1.807) is 0 Å². The van der Waals surface area contributed by atoms with Crippen molar-refractivity contribution < 1.29 is 14.7 Å². The lowest BCUT2D eigenvalue weighted by molar-refractivity contribution is -0.149. The third-order valence-corrected chi connectivity index (χ3v) is 7.24. The van der Waals surface area contributed by atoms with Crippen LogP contribution in [0.5, 0.6) is 0 Å². The zero-order valence-corrected chi connectivity index (χ0v) is 14.6. The summed E-state index contributed by atoms with van der Waals surface area (Å²) in [5.74, 6) is -0.643. The summed E-state index contributed by atoms with van der Waals surface area (Å²) < 4.78 is 0. The number of nitrogens with one attached hydrogen (secondary N) is 1. The molecule has 1 saturated carbocycles. The Morgan fingerprint density at radius 2 is 2.12 bits per heavy atom. The van der Waals surface area contributed by atoms with Gasteiger partial charge in [-0.15, -0.1) is 11.3 Å². The van der Waals surface area contributed by atoms with E-state index in [1.807, 2.05) is 11.3 Å². The summed E-state index contributed by atoms with van der Waals surface area (Å²) in [4.78, 5) is 28.6. The zero-order chi connectivity index (χ0) is 16.7. The number of thiophene rings is 1. The summed E-state index contributed by atoms with van der Waals surface area (Å²) >= 11 is 1.87. The van der Waals surface area contributed by atoms with Crippen LogP contribution in [0.2, 0.25) is 0 Å². The molecule has 130 valence electrons. The minimum atomic E-state index is -0.930. The smallest absolute Gasteiger partial charge is 0.313 e. The number of rotatable bonds is 4. The van der Waals surface area contributed by atoms with E-state index in [-0.39, 0.29) is 12.5 Å². The quantitative estimate of drug-likeness (QED) is 0.877. The van der Waals surface area contributed by atoms with Crippen LogP contribution < -0.4 is 5.32 Å². The number of carboxylic acid groups (broad SMARTS) is 1. The number of carbonyl (C=O) groups is 2. The van der Waals surface area contributed by atoms with Gasteiger partial charge < -0.3 is 10.4 Å². The molecule has 5 nitrogen and oxygen atoms in total. The number of hydrogen-bond acceptors (Lipinski definition) is 4. The first-order valence-corrected chi connectivity index (χ1v) is 9.72. The van der Waals surface area contributed by atoms with Crippen molar-refractivity contribution in [2.75, 3.05) is 19.6 Å². The molecule has 3 aliphatic rings. The predicted molar refractivity (Wildman–Crippen MR) is 92.0 cm³/mol. The van der Waals surface area contributed by atoms with Crippen LogP contribution in [0.3, 0.4) is 0 Å². The summed E-state index contributed by atoms with van der Waals surface area (Å²) in [6.45, 7) is 2.04. The summed E-state index contributed by atoms with van der Waals surface area (Å²) in [5, 5.41) is 12.4. The van der Waals surface area contributed by atoms with Crippen molar-refractivity contribution in [2.45, 2.75) is 44.6 Å². The van der Waals surface area contributed by atoms with Gasteiger partial charge in [-0.3, -0.25) is 14.5 Å². The van der Waals surface area contributed by atoms with E-state index in [0.29, 0.717) is 19.0 Å². The van der Waals surface area contributed by atoms with Gasteiger partial charge in [0.05, 0.1) is 5.92 Å². The first-order chi connectivity index (χ1) is 11.6. The maximum absolute atomic E-state index is 12.0. The number of amides is 1. The summed E-state index contributed by atoms with van der Waals surface area (Å²) in [7, 11) is 0. The molecule has 4 rings (SSSR count). The van der Waals surface area contributed by atoms with E-state index in [9.17, 15) is 14.7 Å². The standard InChI is InChI=1S/C18H24N2O3S/c21-16-14-9-20(11-18(14,10-19-16)17(22)23)8-13-6-7-15(24-13)12-4-2-1-3-5-12/h6-7,12,14H,1-5,8-11H2,(H,19,21)(H,22,23)/t14-,18+/m0/s1. The lowest BCUT2D eigenvalue weighted by atomic mass is 9.81. The number of hydrogen-bond donors (Lipinski definition) is 2. The molecule has 0 spiro atoms. The predicted octanol–water partition coefficient (Wildman–Crippen LogP) is 2.43. The van der Waals surface area contributed by atoms with Gasteiger partial charge in [0.2, 0.25) is 5.91 Å². The first-order valence-electron chi connectivity index (χ1n) is 8.90. The Morgan fingerprint density at radius 1 is 1.33 bits per heavy atom. The molecule has 0 bridgehead atoms. The Hall–Kier alpha value is -1.40. The summed E-state index contributed by atoms with van der Waals surface area (Å²) in [6, 6.07) is 4.45. The average molecular weight is 348 g/mol. The van der Waals surface area contributed by atoms with Crippen LogP contribution in [0.4, 0.5) is 0 Å². The van der Waals surface area contributed by atoms with Gasteiger partial charge in [0.25, 0.3) is 0 Å². The number of aliphatic carboxylic acids is 1. The Bertz CT molecular complexity index is 652. The molecule has 0 aromatic carbocycles. The van der Waals surface area contributed by atoms with Crippen LogP contribution >= 0.6 is 11.3 Å². The molecule has 1 aromatic rings. The average Bonchev–Trinajstić information content (AvgIpc) is 3.26. The number of likely N-dealkylation sites (tertiary alicyclic amines) is 1. The van der Waals surface area contributed by atoms with Crippen molar-refractivity contribution in [3.63, 3.8) is 0 Å². The monoisotopic (exact) mass is 348 g/mol. The van der Waals surface area contributed by atoms with E-state index in [2.05, 4.69) is 22.3 Å². The van der Waals surface area contributed by atoms with Crippen molar-refractivity contribution in [2.24, 2.45) is 11.3 Å². The second-order valence-corrected chi connectivity index (χ2v) is 8.74. The Labute approximate surface area is 146 Å². The van der Waals surface area contributed by atoms with Gasteiger partial charge in [-0.05, 0) is 30.9 Å². The van der Waals surface area contributed by atoms with Crippen LogP contribution in [0.25, 0.3) is 0 Å². The first kappa shape index (κ1) is 16.1. The van der Waals surface area contributed by atoms with E-state index in [0.717, 1.165) is 6.54 Å². The highest BCUT2D eigenvalue weighted by atomic mass is 32.1. The summed E-state index contributed by atoms with van der Waals surface area (Å²) in [6.07, 6.45) is 6.63. The number of nitrogens with zero attached hydrogens (tertiary/aromatic N) is 1. The van der Waals surface area contributed by atoms with Gasteiger partial charge in [0.1, 0.15) is 5.41 Å². The van der Waals surface area contributed by atoms with Crippen molar-refractivity contribution in [1.82, 2.24) is 10.2 Å². The van der Waals surface area contributed by atoms with Crippen molar-refractivity contribution >= 4 is 23.2 Å². The SMILES string of the molecule is O=C1NC[C@@]2(C(=O)O)CN(Cc3ccc(C4CCCCC4)s3)C[C@@H]12. The molecule has 1 aromatic heterocycles. The fourth-order valence-electron chi connectivity index (χ4n) is 4.61. The van der Waals surface area contributed by atoms with Gasteiger partial charge >= 0.3 is 5.97 Å². The molecule has 1 aliphatic carbocycles. The maximum atomic E-state index is 12.0. The fraction of sp³-hybridized carbons (Fsp3) is 0.667. The lowest BCUT2D eigenvalue weighted by Gasteiger charge is -2.21. The summed E-state index contributed by atoms with van der Waals surface area (Å²) in [5.41, 5.74) is -0.930. The highest BCUT2D eigenvalue weighted by Crippen LogP contribution is 2.41. The van der Waals surface area contributed by atoms with E-state index in [4.69, 9.17) is 0 Å². The Morgan fingerprint density at radius 3 is 2.83 bits per heavy atom. The normalized spacial score (nSPS) is 31.2. The largest absolute Gasteiger partial charge is 0.481 e. The van der Waals surface area contributed by atoms with Crippen LogP contribution in [0.15, 0.2) is 12.1 Å². The third-order valence-electron chi connectivity index (χ3n) is 6.00. The molecule has 6 heteroatoms. The topological polar surface area (TPSA) is 69.6 Å². The van der Waals surface area contributed by atoms with Gasteiger partial charge in [0.15, 0.2) is 0 Å². The molecule has 0 unspecified atom stereocenters. The number of fused-ring (bicyclic) bond motifs is 1. The van der Waals surface area contributed by atoms with E-state index in [1.165, 1.54) is 41.9 Å². The van der Waals surface area contributed by atoms with Crippen LogP contribution in [-0.4, -0.2) is 41.5 Å². The van der Waals surface area contributed by atoms with Crippen LogP contribution in [-0.2, 0) is 16.1 Å². The number of carbonyl (C=O) groups excluding carboxylic acids is 1. The third kappa shape index (κ3) is 2.65. The minimum absolute atomic E-state index is 0.103. The zero-order valence-electron chi connectivity index (χ0n) is 13.8. The second-order valence-electron chi connectivity index (χ2n) is 7.54. The van der Waals surface area contributed by atoms with E-state index >= 15 is 0 Å². The van der Waals surface area contributed by atoms with Gasteiger partial charge in [-0.25, -0.2) is 0 Å². The molecular formula is C18H24N2O3S. The fourth-order valence-corrected chi connectivity index (χ4v) is 5.83. The molecule has 24 heavy (non-hydrogen) atoms. The maximum Gasteiger partial charge on any atom is 0.313 e. The van der Waals surface area contributed by atoms with Gasteiger partial charge in [0, 0.05) is 35.9 Å². The minimum Gasteiger partial charge on any atom is -0.481 e. The molecule has 2 saturated heterocycles. The van der Waals surface area contributed by atoms with Crippen molar-refractivity contribution in [3.05, 3.63) is 21.9 Å². The molecular weight excluding hydrogens is 324 g/mol. The molecule has 1 amide bonds. The molecule has 3 heterocycles. The number of carboxylic acids is 1. The second kappa shape index (κ2) is 6.15. The van der Waals surface area contributed by atoms with Crippen LogP contribution in [0.1, 0.15) is 47.8 Å². The Balaban J connectivity index is 1.44. The van der Waals surface area contributed by atoms with Crippen LogP contribution in [0, 0.1) is 11.3 Å². The molecule has 0 radical (unpaired) electrons. The Kier molecular flexibility index (Phi) is 4.12. The highest BCUT2D eigenvalue weighted by Gasteiger charge is 2.59. The van der Waals surface area contributed by atoms with Crippen molar-refractivity contribution in [3.8, 4) is 0 Å². The molecule has 2 atom stereocenters. The molecule has 3 fully saturated rings. The van der Waals surface area contributed by atoms with Crippen molar-refractivity contribution in [1.29, 1.82) is 0 Å². The van der Waals surface area contributed by atoms with Gasteiger partial charge in [-0.2, -0.15) is 0 Å². The molecule has 2 aliphatic heterocycles. The molecule has 2 N–H and O–H groups in total. The van der Waals surface area contributed by atoms with E-state index < -0.39 is 17.3 Å².